The monoisotopic (exact) mass is 472 g/mol. The smallest absolute Gasteiger partial charge is 0.322 e. The second-order valence-electron chi connectivity index (χ2n) is 8.79. The van der Waals surface area contributed by atoms with Gasteiger partial charge in [-0.1, -0.05) is 18.2 Å². The van der Waals surface area contributed by atoms with Crippen molar-refractivity contribution >= 4 is 23.3 Å². The van der Waals surface area contributed by atoms with E-state index in [0.29, 0.717) is 12.3 Å². The molecular formula is C27H28N4O4. The van der Waals surface area contributed by atoms with E-state index in [4.69, 9.17) is 9.47 Å². The number of hydrogen-bond donors (Lipinski definition) is 2. The maximum Gasteiger partial charge on any atom is 0.322 e. The summed E-state index contributed by atoms with van der Waals surface area (Å²) in [6.07, 6.45) is 8.29. The Morgan fingerprint density at radius 1 is 1.00 bits per heavy atom. The Morgan fingerprint density at radius 3 is 2.43 bits per heavy atom. The number of benzene rings is 2. The molecule has 1 aromatic heterocycles. The van der Waals surface area contributed by atoms with Crippen molar-refractivity contribution in [3.05, 3.63) is 78.1 Å². The molecule has 2 fully saturated rings. The van der Waals surface area contributed by atoms with Crippen molar-refractivity contribution < 1.29 is 19.1 Å². The summed E-state index contributed by atoms with van der Waals surface area (Å²) in [7, 11) is 1.65. The van der Waals surface area contributed by atoms with Crippen molar-refractivity contribution in [2.75, 3.05) is 12.0 Å². The molecule has 180 valence electrons. The number of anilines is 2. The molecule has 2 aliphatic rings. The molecule has 2 aromatic carbocycles. The van der Waals surface area contributed by atoms with Crippen molar-refractivity contribution in [1.29, 1.82) is 0 Å². The lowest BCUT2D eigenvalue weighted by Gasteiger charge is -2.27. The van der Waals surface area contributed by atoms with Gasteiger partial charge in [0, 0.05) is 36.4 Å². The summed E-state index contributed by atoms with van der Waals surface area (Å²) in [5, 5.41) is 4.92. The predicted molar refractivity (Wildman–Crippen MR) is 132 cm³/mol. The van der Waals surface area contributed by atoms with E-state index >= 15 is 0 Å². The molecule has 1 atom stereocenters. The Balaban J connectivity index is 1.48. The fraction of sp³-hybridized carbons (Fsp3) is 0.296. The number of nitrogens with zero attached hydrogens (tertiary/aromatic N) is 2. The number of pyridine rings is 1. The number of carbonyl (C=O) groups excluding carboxylic acids is 2. The summed E-state index contributed by atoms with van der Waals surface area (Å²) in [6, 6.07) is 16.4. The quantitative estimate of drug-likeness (QED) is 0.465. The Bertz CT molecular complexity index is 1190. The first-order chi connectivity index (χ1) is 17.1. The van der Waals surface area contributed by atoms with Gasteiger partial charge in [0.1, 0.15) is 6.04 Å². The van der Waals surface area contributed by atoms with Crippen LogP contribution in [0.4, 0.5) is 16.2 Å². The van der Waals surface area contributed by atoms with Crippen LogP contribution < -0.4 is 25.0 Å². The fourth-order valence-electron chi connectivity index (χ4n) is 4.62. The molecule has 8 heteroatoms. The number of amides is 3. The molecule has 8 nitrogen and oxygen atoms in total. The number of ether oxygens (including phenoxy) is 2. The molecule has 3 aromatic rings. The zero-order valence-electron chi connectivity index (χ0n) is 19.6. The Hall–Kier alpha value is -4.07. The van der Waals surface area contributed by atoms with Crippen LogP contribution in [0.25, 0.3) is 0 Å². The van der Waals surface area contributed by atoms with Gasteiger partial charge in [0.25, 0.3) is 5.91 Å². The van der Waals surface area contributed by atoms with Crippen LogP contribution in [0.5, 0.6) is 11.5 Å². The van der Waals surface area contributed by atoms with Crippen LogP contribution in [-0.2, 0) is 11.3 Å². The number of nitrogens with one attached hydrogen (secondary N) is 2. The molecule has 1 saturated heterocycles. The van der Waals surface area contributed by atoms with E-state index < -0.39 is 12.1 Å². The normalized spacial score (nSPS) is 17.7. The number of urea groups is 1. The van der Waals surface area contributed by atoms with Gasteiger partial charge in [-0.25, -0.2) is 4.79 Å². The van der Waals surface area contributed by atoms with Gasteiger partial charge in [-0.3, -0.25) is 15.1 Å². The lowest BCUT2D eigenvalue weighted by atomic mass is 10.1. The highest BCUT2D eigenvalue weighted by Crippen LogP contribution is 2.38. The first kappa shape index (κ1) is 22.7. The third-order valence-electron chi connectivity index (χ3n) is 6.43. The average molecular weight is 473 g/mol. The van der Waals surface area contributed by atoms with E-state index in [9.17, 15) is 9.59 Å². The first-order valence-electron chi connectivity index (χ1n) is 11.8. The molecule has 5 rings (SSSR count). The second kappa shape index (κ2) is 10.0. The molecule has 1 aliphatic carbocycles. The molecule has 1 unspecified atom stereocenters. The van der Waals surface area contributed by atoms with Gasteiger partial charge in [-0.15, -0.1) is 0 Å². The predicted octanol–water partition coefficient (Wildman–Crippen LogP) is 4.63. The van der Waals surface area contributed by atoms with Crippen LogP contribution in [0, 0.1) is 0 Å². The highest BCUT2D eigenvalue weighted by atomic mass is 16.5. The van der Waals surface area contributed by atoms with E-state index in [0.717, 1.165) is 41.1 Å². The van der Waals surface area contributed by atoms with Gasteiger partial charge >= 0.3 is 6.03 Å². The molecule has 2 heterocycles. The number of imide groups is 1. The third-order valence-corrected chi connectivity index (χ3v) is 6.43. The SMILES string of the molecule is COc1ccc(N(Cc2cccnc2)c2ccc(C3NC(=O)NC3=O)cc2)cc1OC1CCCC1. The zero-order chi connectivity index (χ0) is 24.2. The van der Waals surface area contributed by atoms with Crippen LogP contribution in [0.2, 0.25) is 0 Å². The largest absolute Gasteiger partial charge is 0.493 e. The maximum atomic E-state index is 12.1. The molecule has 0 bridgehead atoms. The summed E-state index contributed by atoms with van der Waals surface area (Å²) in [5.74, 6) is 1.09. The Labute approximate surface area is 204 Å². The van der Waals surface area contributed by atoms with Crippen LogP contribution in [0.3, 0.4) is 0 Å². The van der Waals surface area contributed by atoms with Gasteiger partial charge in [0.15, 0.2) is 11.5 Å². The summed E-state index contributed by atoms with van der Waals surface area (Å²) in [4.78, 5) is 30.0. The molecule has 35 heavy (non-hydrogen) atoms. The standard InChI is InChI=1S/C27H28N4O4/c1-34-23-13-12-21(15-24(23)35-22-6-2-3-7-22)31(17-18-5-4-14-28-16-18)20-10-8-19(9-11-20)25-26(32)30-27(33)29-25/h4-5,8-16,22,25H,2-3,6-7,17H2,1H3,(H2,29,30,32,33). The van der Waals surface area contributed by atoms with Gasteiger partial charge in [-0.05, 0) is 67.1 Å². The van der Waals surface area contributed by atoms with Crippen LogP contribution in [0.1, 0.15) is 42.9 Å². The van der Waals surface area contributed by atoms with Gasteiger partial charge in [-0.2, -0.15) is 0 Å². The molecule has 0 radical (unpaired) electrons. The number of carbonyl (C=O) groups is 2. The molecule has 1 saturated carbocycles. The van der Waals surface area contributed by atoms with Crippen LogP contribution in [0.15, 0.2) is 67.0 Å². The number of rotatable bonds is 8. The minimum Gasteiger partial charge on any atom is -0.493 e. The molecule has 3 amide bonds. The average Bonchev–Trinajstić information content (AvgIpc) is 3.52. The van der Waals surface area contributed by atoms with Crippen molar-refractivity contribution in [3.63, 3.8) is 0 Å². The third kappa shape index (κ3) is 5.06. The van der Waals surface area contributed by atoms with Crippen molar-refractivity contribution in [1.82, 2.24) is 15.6 Å². The summed E-state index contributed by atoms with van der Waals surface area (Å²) in [5.41, 5.74) is 3.65. The van der Waals surface area contributed by atoms with E-state index in [2.05, 4.69) is 20.5 Å². The zero-order valence-corrected chi connectivity index (χ0v) is 19.6. The van der Waals surface area contributed by atoms with E-state index in [1.807, 2.05) is 60.8 Å². The van der Waals surface area contributed by atoms with Gasteiger partial charge in [0.2, 0.25) is 0 Å². The topological polar surface area (TPSA) is 92.8 Å². The molecule has 0 spiro atoms. The van der Waals surface area contributed by atoms with E-state index in [-0.39, 0.29) is 12.0 Å². The highest BCUT2D eigenvalue weighted by Gasteiger charge is 2.30. The summed E-state index contributed by atoms with van der Waals surface area (Å²) in [6.45, 7) is 0.586. The highest BCUT2D eigenvalue weighted by molar-refractivity contribution is 6.04. The molecule has 2 N–H and O–H groups in total. The number of hydrogen-bond acceptors (Lipinski definition) is 6. The molecular weight excluding hydrogens is 444 g/mol. The van der Waals surface area contributed by atoms with Crippen molar-refractivity contribution in [2.45, 2.75) is 44.4 Å². The maximum absolute atomic E-state index is 12.1. The summed E-state index contributed by atoms with van der Waals surface area (Å²) < 4.78 is 11.9. The Kier molecular flexibility index (Phi) is 6.52. The Morgan fingerprint density at radius 2 is 1.77 bits per heavy atom. The van der Waals surface area contributed by atoms with Crippen LogP contribution >= 0.6 is 0 Å². The number of methoxy groups -OCH3 is 1. The minimum atomic E-state index is -0.685. The van der Waals surface area contributed by atoms with E-state index in [1.165, 1.54) is 12.8 Å². The van der Waals surface area contributed by atoms with Gasteiger partial charge in [0.05, 0.1) is 13.2 Å². The molecule has 1 aliphatic heterocycles. The van der Waals surface area contributed by atoms with Gasteiger partial charge < -0.3 is 19.7 Å². The second-order valence-corrected chi connectivity index (χ2v) is 8.79. The van der Waals surface area contributed by atoms with Crippen molar-refractivity contribution in [2.24, 2.45) is 0 Å². The minimum absolute atomic E-state index is 0.206. The van der Waals surface area contributed by atoms with Crippen LogP contribution in [-0.4, -0.2) is 30.1 Å². The summed E-state index contributed by atoms with van der Waals surface area (Å²) >= 11 is 0. The van der Waals surface area contributed by atoms with Crippen molar-refractivity contribution in [3.8, 4) is 11.5 Å². The first-order valence-corrected chi connectivity index (χ1v) is 11.8. The lowest BCUT2D eigenvalue weighted by Crippen LogP contribution is -2.22. The lowest BCUT2D eigenvalue weighted by molar-refractivity contribution is -0.120. The van der Waals surface area contributed by atoms with E-state index in [1.54, 1.807) is 13.3 Å². The number of aromatic nitrogens is 1. The fourth-order valence-corrected chi connectivity index (χ4v) is 4.62.